The second kappa shape index (κ2) is 5.47. The number of hydrogen-bond donors (Lipinski definition) is 2. The van der Waals surface area contributed by atoms with Gasteiger partial charge >= 0.3 is 0 Å². The Morgan fingerprint density at radius 1 is 1.60 bits per heavy atom. The van der Waals surface area contributed by atoms with Crippen molar-refractivity contribution in [3.63, 3.8) is 0 Å². The standard InChI is InChI=1S/C10H14ClNO2S/c1-6(11)7(2)15-5-8-3-9(13)10(14)12-4-8/h3-4,6-7,13H,5H2,1-2H3,(H,12,14)/t6-,7?/m1/s1. The van der Waals surface area contributed by atoms with Crippen LogP contribution in [0.15, 0.2) is 17.1 Å². The highest BCUT2D eigenvalue weighted by Gasteiger charge is 2.09. The molecule has 1 rings (SSSR count). The molecule has 0 bridgehead atoms. The van der Waals surface area contributed by atoms with Crippen LogP contribution >= 0.6 is 23.4 Å². The van der Waals surface area contributed by atoms with Gasteiger partial charge < -0.3 is 10.1 Å². The smallest absolute Gasteiger partial charge is 0.290 e. The first-order valence-corrected chi connectivity index (χ1v) is 6.15. The normalized spacial score (nSPS) is 14.9. The lowest BCUT2D eigenvalue weighted by molar-refractivity contribution is 0.466. The van der Waals surface area contributed by atoms with Gasteiger partial charge in [-0.15, -0.1) is 11.6 Å². The second-order valence-corrected chi connectivity index (χ2v) is 5.47. The summed E-state index contributed by atoms with van der Waals surface area (Å²) in [6.45, 7) is 4.00. The predicted molar refractivity (Wildman–Crippen MR) is 64.8 cm³/mol. The quantitative estimate of drug-likeness (QED) is 0.803. The van der Waals surface area contributed by atoms with Crippen molar-refractivity contribution in [2.75, 3.05) is 0 Å². The highest BCUT2D eigenvalue weighted by Crippen LogP contribution is 2.22. The number of halogens is 1. The molecular formula is C10H14ClNO2S. The first-order chi connectivity index (χ1) is 7.00. The number of thioether (sulfide) groups is 1. The maximum atomic E-state index is 10.9. The van der Waals surface area contributed by atoms with E-state index in [1.807, 2.05) is 13.8 Å². The number of pyridine rings is 1. The van der Waals surface area contributed by atoms with Crippen LogP contribution in [0.5, 0.6) is 5.75 Å². The number of nitrogens with one attached hydrogen (secondary N) is 1. The average Bonchev–Trinajstić information content (AvgIpc) is 2.19. The van der Waals surface area contributed by atoms with E-state index in [4.69, 9.17) is 11.6 Å². The first kappa shape index (κ1) is 12.5. The molecule has 1 aromatic heterocycles. The Bertz CT molecular complexity index is 378. The van der Waals surface area contributed by atoms with Crippen molar-refractivity contribution in [2.24, 2.45) is 0 Å². The molecule has 84 valence electrons. The molecule has 0 fully saturated rings. The predicted octanol–water partition coefficient (Wildman–Crippen LogP) is 2.33. The first-order valence-electron chi connectivity index (χ1n) is 4.67. The van der Waals surface area contributed by atoms with Gasteiger partial charge in [-0.1, -0.05) is 6.92 Å². The van der Waals surface area contributed by atoms with Gasteiger partial charge in [-0.2, -0.15) is 11.8 Å². The Morgan fingerprint density at radius 2 is 2.27 bits per heavy atom. The number of rotatable bonds is 4. The lowest BCUT2D eigenvalue weighted by Gasteiger charge is -2.12. The van der Waals surface area contributed by atoms with Gasteiger partial charge in [0.1, 0.15) is 0 Å². The SMILES string of the molecule is CC(SCc1c[nH]c(=O)c(O)c1)[C@@H](C)Cl. The van der Waals surface area contributed by atoms with E-state index < -0.39 is 5.56 Å². The summed E-state index contributed by atoms with van der Waals surface area (Å²) in [6.07, 6.45) is 1.61. The van der Waals surface area contributed by atoms with Crippen molar-refractivity contribution in [1.29, 1.82) is 0 Å². The topological polar surface area (TPSA) is 53.1 Å². The largest absolute Gasteiger partial charge is 0.503 e. The minimum Gasteiger partial charge on any atom is -0.503 e. The number of aromatic hydroxyl groups is 1. The Morgan fingerprint density at radius 3 is 2.80 bits per heavy atom. The maximum Gasteiger partial charge on any atom is 0.290 e. The molecule has 0 saturated heterocycles. The van der Waals surface area contributed by atoms with Crippen LogP contribution in [0.25, 0.3) is 0 Å². The van der Waals surface area contributed by atoms with Gasteiger partial charge in [0, 0.05) is 22.6 Å². The fourth-order valence-corrected chi connectivity index (χ4v) is 2.06. The van der Waals surface area contributed by atoms with Gasteiger partial charge in [0.25, 0.3) is 5.56 Å². The minimum absolute atomic E-state index is 0.103. The maximum absolute atomic E-state index is 10.9. The zero-order valence-corrected chi connectivity index (χ0v) is 10.2. The van der Waals surface area contributed by atoms with E-state index in [-0.39, 0.29) is 11.1 Å². The Kier molecular flexibility index (Phi) is 4.54. The van der Waals surface area contributed by atoms with Crippen LogP contribution in [0, 0.1) is 0 Å². The van der Waals surface area contributed by atoms with E-state index >= 15 is 0 Å². The van der Waals surface area contributed by atoms with E-state index in [1.165, 1.54) is 6.07 Å². The number of alkyl halides is 1. The Labute approximate surface area is 97.9 Å². The third kappa shape index (κ3) is 3.80. The van der Waals surface area contributed by atoms with Gasteiger partial charge in [-0.05, 0) is 18.6 Å². The molecule has 2 N–H and O–H groups in total. The molecule has 0 saturated carbocycles. The van der Waals surface area contributed by atoms with Crippen LogP contribution in [0.1, 0.15) is 19.4 Å². The Hall–Kier alpha value is -0.610. The molecule has 0 aliphatic heterocycles. The fourth-order valence-electron chi connectivity index (χ4n) is 0.959. The molecule has 5 heteroatoms. The van der Waals surface area contributed by atoms with E-state index in [9.17, 15) is 9.90 Å². The molecule has 15 heavy (non-hydrogen) atoms. The monoisotopic (exact) mass is 247 g/mol. The number of aromatic nitrogens is 1. The van der Waals surface area contributed by atoms with Gasteiger partial charge in [0.05, 0.1) is 0 Å². The van der Waals surface area contributed by atoms with Crippen molar-refractivity contribution in [3.05, 3.63) is 28.2 Å². The van der Waals surface area contributed by atoms with Crippen molar-refractivity contribution in [2.45, 2.75) is 30.2 Å². The van der Waals surface area contributed by atoms with Gasteiger partial charge in [-0.25, -0.2) is 0 Å². The van der Waals surface area contributed by atoms with Crippen molar-refractivity contribution >= 4 is 23.4 Å². The molecule has 1 aromatic rings. The summed E-state index contributed by atoms with van der Waals surface area (Å²) in [5, 5.41) is 9.63. The van der Waals surface area contributed by atoms with Crippen LogP contribution in [0.3, 0.4) is 0 Å². The fraction of sp³-hybridized carbons (Fsp3) is 0.500. The van der Waals surface area contributed by atoms with Crippen LogP contribution < -0.4 is 5.56 Å². The summed E-state index contributed by atoms with van der Waals surface area (Å²) in [5.74, 6) is 0.488. The van der Waals surface area contributed by atoms with Crippen molar-refractivity contribution in [1.82, 2.24) is 4.98 Å². The lowest BCUT2D eigenvalue weighted by atomic mass is 10.3. The van der Waals surface area contributed by atoms with Gasteiger partial charge in [0.15, 0.2) is 5.75 Å². The highest BCUT2D eigenvalue weighted by molar-refractivity contribution is 7.99. The molecule has 0 amide bonds. The summed E-state index contributed by atoms with van der Waals surface area (Å²) < 4.78 is 0. The molecule has 0 spiro atoms. The number of hydrogen-bond acceptors (Lipinski definition) is 3. The molecule has 1 heterocycles. The highest BCUT2D eigenvalue weighted by atomic mass is 35.5. The van der Waals surface area contributed by atoms with Crippen LogP contribution in [0.4, 0.5) is 0 Å². The van der Waals surface area contributed by atoms with Crippen molar-refractivity contribution < 1.29 is 5.11 Å². The summed E-state index contributed by atoms with van der Waals surface area (Å²) in [4.78, 5) is 13.4. The Balaban J connectivity index is 2.58. The van der Waals surface area contributed by atoms with Crippen molar-refractivity contribution in [3.8, 4) is 5.75 Å². The molecule has 0 aliphatic rings. The molecular weight excluding hydrogens is 234 g/mol. The van der Waals surface area contributed by atoms with E-state index in [2.05, 4.69) is 4.98 Å². The molecule has 3 nitrogen and oxygen atoms in total. The van der Waals surface area contributed by atoms with Crippen LogP contribution in [0.2, 0.25) is 0 Å². The molecule has 1 unspecified atom stereocenters. The third-order valence-corrected chi connectivity index (χ3v) is 4.06. The van der Waals surface area contributed by atoms with Crippen LogP contribution in [-0.4, -0.2) is 20.7 Å². The molecule has 0 radical (unpaired) electrons. The summed E-state index contributed by atoms with van der Waals surface area (Å²) in [5.41, 5.74) is 0.434. The zero-order valence-electron chi connectivity index (χ0n) is 8.66. The number of H-pyrrole nitrogens is 1. The summed E-state index contributed by atoms with van der Waals surface area (Å²) in [6, 6.07) is 1.48. The third-order valence-electron chi connectivity index (χ3n) is 2.10. The molecule has 2 atom stereocenters. The van der Waals surface area contributed by atoms with E-state index in [1.54, 1.807) is 18.0 Å². The van der Waals surface area contributed by atoms with Crippen LogP contribution in [-0.2, 0) is 5.75 Å². The summed E-state index contributed by atoms with van der Waals surface area (Å²) >= 11 is 7.61. The van der Waals surface area contributed by atoms with E-state index in [0.29, 0.717) is 5.25 Å². The second-order valence-electron chi connectivity index (χ2n) is 3.42. The molecule has 0 aliphatic carbocycles. The van der Waals surface area contributed by atoms with Gasteiger partial charge in [-0.3, -0.25) is 4.79 Å². The molecule has 0 aromatic carbocycles. The van der Waals surface area contributed by atoms with Gasteiger partial charge in [0.2, 0.25) is 0 Å². The zero-order chi connectivity index (χ0) is 11.4. The van der Waals surface area contributed by atoms with E-state index in [0.717, 1.165) is 11.3 Å². The average molecular weight is 248 g/mol. The lowest BCUT2D eigenvalue weighted by Crippen LogP contribution is -2.10. The summed E-state index contributed by atoms with van der Waals surface area (Å²) in [7, 11) is 0. The minimum atomic E-state index is -0.456. The number of aromatic amines is 1.